The number of carbonyl (C=O) groups is 2. The number of piperidine rings is 2. The summed E-state index contributed by atoms with van der Waals surface area (Å²) in [5, 5.41) is 0. The molecule has 0 aromatic carbocycles. The number of hydrogen-bond donors (Lipinski definition) is 1. The predicted octanol–water partition coefficient (Wildman–Crippen LogP) is 0.688. The van der Waals surface area contributed by atoms with Gasteiger partial charge in [0, 0.05) is 32.1 Å². The number of rotatable bonds is 3. The fourth-order valence-corrected chi connectivity index (χ4v) is 3.63. The number of amides is 2. The molecule has 2 unspecified atom stereocenters. The molecular formula is C15H27N3O2. The van der Waals surface area contributed by atoms with Gasteiger partial charge < -0.3 is 10.6 Å². The lowest BCUT2D eigenvalue weighted by atomic mass is 9.92. The van der Waals surface area contributed by atoms with Crippen LogP contribution in [0.15, 0.2) is 0 Å². The van der Waals surface area contributed by atoms with E-state index in [4.69, 9.17) is 5.73 Å². The predicted molar refractivity (Wildman–Crippen MR) is 77.9 cm³/mol. The molecule has 0 aromatic rings. The smallest absolute Gasteiger partial charge is 0.236 e. The van der Waals surface area contributed by atoms with Crippen LogP contribution >= 0.6 is 0 Å². The van der Waals surface area contributed by atoms with Crippen LogP contribution in [0.5, 0.6) is 0 Å². The van der Waals surface area contributed by atoms with E-state index in [-0.39, 0.29) is 17.7 Å². The fraction of sp³-hybridized carbons (Fsp3) is 0.867. The summed E-state index contributed by atoms with van der Waals surface area (Å²) >= 11 is 0. The highest BCUT2D eigenvalue weighted by atomic mass is 16.2. The molecule has 2 N–H and O–H groups in total. The van der Waals surface area contributed by atoms with Gasteiger partial charge in [-0.1, -0.05) is 13.8 Å². The molecule has 0 aliphatic carbocycles. The molecule has 0 aromatic heterocycles. The van der Waals surface area contributed by atoms with Crippen LogP contribution in [0.1, 0.15) is 33.1 Å². The summed E-state index contributed by atoms with van der Waals surface area (Å²) in [5.41, 5.74) is 5.32. The number of nitrogens with zero attached hydrogens (tertiary/aromatic N) is 2. The molecule has 2 aliphatic heterocycles. The first-order valence-electron chi connectivity index (χ1n) is 7.75. The molecule has 2 fully saturated rings. The maximum atomic E-state index is 12.3. The zero-order chi connectivity index (χ0) is 14.7. The Labute approximate surface area is 121 Å². The van der Waals surface area contributed by atoms with Gasteiger partial charge in [0.05, 0.1) is 6.54 Å². The third kappa shape index (κ3) is 3.95. The van der Waals surface area contributed by atoms with Gasteiger partial charge in [-0.15, -0.1) is 0 Å². The molecule has 5 heteroatoms. The van der Waals surface area contributed by atoms with Crippen LogP contribution in [0.4, 0.5) is 0 Å². The molecule has 0 saturated carbocycles. The zero-order valence-corrected chi connectivity index (χ0v) is 12.7. The molecule has 0 spiro atoms. The topological polar surface area (TPSA) is 66.6 Å². The molecule has 114 valence electrons. The van der Waals surface area contributed by atoms with Crippen molar-refractivity contribution < 1.29 is 9.59 Å². The van der Waals surface area contributed by atoms with E-state index in [9.17, 15) is 9.59 Å². The normalized spacial score (nSPS) is 29.4. The lowest BCUT2D eigenvalue weighted by molar-refractivity contribution is -0.136. The molecule has 2 heterocycles. The Balaban J connectivity index is 1.79. The highest BCUT2D eigenvalue weighted by Crippen LogP contribution is 2.21. The SMILES string of the molecule is CC1CC(C)CN(CC(=O)N2CCC(C(N)=O)CC2)C1. The van der Waals surface area contributed by atoms with Crippen molar-refractivity contribution in [1.82, 2.24) is 9.80 Å². The van der Waals surface area contributed by atoms with E-state index in [0.29, 0.717) is 44.3 Å². The van der Waals surface area contributed by atoms with Crippen molar-refractivity contribution in [2.45, 2.75) is 33.1 Å². The minimum atomic E-state index is -0.226. The van der Waals surface area contributed by atoms with E-state index in [1.54, 1.807) is 0 Å². The van der Waals surface area contributed by atoms with Crippen LogP contribution in [-0.4, -0.2) is 54.3 Å². The van der Waals surface area contributed by atoms with Crippen molar-refractivity contribution in [3.05, 3.63) is 0 Å². The molecule has 0 bridgehead atoms. The Morgan fingerprint density at radius 3 is 2.15 bits per heavy atom. The fourth-order valence-electron chi connectivity index (χ4n) is 3.63. The molecule has 2 atom stereocenters. The first kappa shape index (κ1) is 15.3. The van der Waals surface area contributed by atoms with Crippen molar-refractivity contribution in [2.24, 2.45) is 23.5 Å². The molecule has 5 nitrogen and oxygen atoms in total. The van der Waals surface area contributed by atoms with Crippen LogP contribution in [-0.2, 0) is 9.59 Å². The number of hydrogen-bond acceptors (Lipinski definition) is 3. The summed E-state index contributed by atoms with van der Waals surface area (Å²) < 4.78 is 0. The van der Waals surface area contributed by atoms with Gasteiger partial charge in [-0.05, 0) is 31.1 Å². The maximum Gasteiger partial charge on any atom is 0.236 e. The summed E-state index contributed by atoms with van der Waals surface area (Å²) in [6.07, 6.45) is 2.69. The summed E-state index contributed by atoms with van der Waals surface area (Å²) in [7, 11) is 0. The summed E-state index contributed by atoms with van der Waals surface area (Å²) in [6.45, 7) is 8.42. The van der Waals surface area contributed by atoms with Crippen molar-refractivity contribution in [3.63, 3.8) is 0 Å². The second-order valence-corrected chi connectivity index (χ2v) is 6.70. The molecule has 2 rings (SSSR count). The zero-order valence-electron chi connectivity index (χ0n) is 12.7. The molecule has 0 radical (unpaired) electrons. The van der Waals surface area contributed by atoms with Gasteiger partial charge in [-0.2, -0.15) is 0 Å². The van der Waals surface area contributed by atoms with Gasteiger partial charge in [0.1, 0.15) is 0 Å². The van der Waals surface area contributed by atoms with Crippen LogP contribution < -0.4 is 5.73 Å². The monoisotopic (exact) mass is 281 g/mol. The Morgan fingerprint density at radius 2 is 1.65 bits per heavy atom. The van der Waals surface area contributed by atoms with Gasteiger partial charge in [0.2, 0.25) is 11.8 Å². The first-order valence-corrected chi connectivity index (χ1v) is 7.75. The van der Waals surface area contributed by atoms with Gasteiger partial charge >= 0.3 is 0 Å². The van der Waals surface area contributed by atoms with Gasteiger partial charge in [0.15, 0.2) is 0 Å². The van der Waals surface area contributed by atoms with E-state index in [2.05, 4.69) is 18.7 Å². The van der Waals surface area contributed by atoms with Crippen LogP contribution in [0.3, 0.4) is 0 Å². The number of primary amides is 1. The second kappa shape index (κ2) is 6.57. The van der Waals surface area contributed by atoms with Crippen LogP contribution in [0.2, 0.25) is 0 Å². The highest BCUT2D eigenvalue weighted by molar-refractivity contribution is 5.80. The lowest BCUT2D eigenvalue weighted by Gasteiger charge is -2.37. The standard InChI is InChI=1S/C15H27N3O2/c1-11-7-12(2)9-17(8-11)10-14(19)18-5-3-13(4-6-18)15(16)20/h11-13H,3-10H2,1-2H3,(H2,16,20). The Morgan fingerprint density at radius 1 is 1.10 bits per heavy atom. The maximum absolute atomic E-state index is 12.3. The number of nitrogens with two attached hydrogens (primary N) is 1. The summed E-state index contributed by atoms with van der Waals surface area (Å²) in [5.74, 6) is 1.28. The van der Waals surface area contributed by atoms with E-state index in [1.807, 2.05) is 4.90 Å². The van der Waals surface area contributed by atoms with Crippen molar-refractivity contribution in [2.75, 3.05) is 32.7 Å². The molecule has 20 heavy (non-hydrogen) atoms. The molecule has 2 amide bonds. The number of carbonyl (C=O) groups excluding carboxylic acids is 2. The molecule has 2 aliphatic rings. The van der Waals surface area contributed by atoms with Crippen molar-refractivity contribution in [1.29, 1.82) is 0 Å². The second-order valence-electron chi connectivity index (χ2n) is 6.70. The first-order chi connectivity index (χ1) is 9.45. The van der Waals surface area contributed by atoms with E-state index >= 15 is 0 Å². The Bertz CT molecular complexity index is 354. The largest absolute Gasteiger partial charge is 0.369 e. The molecular weight excluding hydrogens is 254 g/mol. The third-order valence-corrected chi connectivity index (χ3v) is 4.55. The highest BCUT2D eigenvalue weighted by Gasteiger charge is 2.28. The van der Waals surface area contributed by atoms with E-state index in [0.717, 1.165) is 13.1 Å². The molecule has 2 saturated heterocycles. The summed E-state index contributed by atoms with van der Waals surface area (Å²) in [6, 6.07) is 0. The van der Waals surface area contributed by atoms with Crippen LogP contribution in [0, 0.1) is 17.8 Å². The van der Waals surface area contributed by atoms with Gasteiger partial charge in [-0.3, -0.25) is 14.5 Å². The van der Waals surface area contributed by atoms with E-state index in [1.165, 1.54) is 6.42 Å². The third-order valence-electron chi connectivity index (χ3n) is 4.55. The quantitative estimate of drug-likeness (QED) is 0.827. The van der Waals surface area contributed by atoms with Gasteiger partial charge in [0.25, 0.3) is 0 Å². The minimum Gasteiger partial charge on any atom is -0.369 e. The van der Waals surface area contributed by atoms with Crippen LogP contribution in [0.25, 0.3) is 0 Å². The average molecular weight is 281 g/mol. The van der Waals surface area contributed by atoms with Gasteiger partial charge in [-0.25, -0.2) is 0 Å². The minimum absolute atomic E-state index is 0.0471. The summed E-state index contributed by atoms with van der Waals surface area (Å²) in [4.78, 5) is 27.6. The lowest BCUT2D eigenvalue weighted by Crippen LogP contribution is -2.48. The Hall–Kier alpha value is -1.10. The van der Waals surface area contributed by atoms with E-state index < -0.39 is 0 Å². The van der Waals surface area contributed by atoms with Crippen molar-refractivity contribution in [3.8, 4) is 0 Å². The number of likely N-dealkylation sites (tertiary alicyclic amines) is 2. The Kier molecular flexibility index (Phi) is 5.02. The van der Waals surface area contributed by atoms with Crippen molar-refractivity contribution >= 4 is 11.8 Å². The average Bonchev–Trinajstić information content (AvgIpc) is 2.37.